The van der Waals surface area contributed by atoms with Gasteiger partial charge >= 0.3 is 0 Å². The molecule has 0 radical (unpaired) electrons. The van der Waals surface area contributed by atoms with E-state index in [4.69, 9.17) is 14.5 Å². The summed E-state index contributed by atoms with van der Waals surface area (Å²) in [4.78, 5) is 34.7. The minimum Gasteiger partial charge on any atom is -0.497 e. The van der Waals surface area contributed by atoms with Crippen molar-refractivity contribution in [2.75, 3.05) is 39.9 Å². The monoisotopic (exact) mass is 519 g/mol. The second-order valence-electron chi connectivity index (χ2n) is 9.11. The Balaban J connectivity index is 1.19. The summed E-state index contributed by atoms with van der Waals surface area (Å²) in [7, 11) is 1.62. The third-order valence-corrected chi connectivity index (χ3v) is 7.52. The highest BCUT2D eigenvalue weighted by atomic mass is 32.1. The first-order chi connectivity index (χ1) is 17.9. The van der Waals surface area contributed by atoms with Gasteiger partial charge in [-0.15, -0.1) is 0 Å². The fourth-order valence-corrected chi connectivity index (χ4v) is 5.15. The van der Waals surface area contributed by atoms with Crippen LogP contribution in [0, 0.1) is 13.8 Å². The molecule has 1 aliphatic heterocycles. The number of aromatic nitrogens is 3. The van der Waals surface area contributed by atoms with Crippen LogP contribution >= 0.6 is 11.3 Å². The molecule has 2 aromatic carbocycles. The Labute approximate surface area is 218 Å². The van der Waals surface area contributed by atoms with Crippen molar-refractivity contribution < 1.29 is 14.3 Å². The van der Waals surface area contributed by atoms with Crippen LogP contribution in [-0.2, 0) is 11.3 Å². The predicted octanol–water partition coefficient (Wildman–Crippen LogP) is 3.17. The Morgan fingerprint density at radius 1 is 1.00 bits per heavy atom. The first-order valence-corrected chi connectivity index (χ1v) is 13.0. The third-order valence-electron chi connectivity index (χ3n) is 6.57. The number of aryl methyl sites for hydroxylation is 2. The fraction of sp³-hybridized carbons (Fsp3) is 0.333. The van der Waals surface area contributed by atoms with Crippen molar-refractivity contribution in [3.8, 4) is 22.1 Å². The number of ether oxygens (including phenoxy) is 2. The van der Waals surface area contributed by atoms with Crippen molar-refractivity contribution >= 4 is 22.2 Å². The number of carbonyl (C=O) groups excluding carboxylic acids is 1. The first kappa shape index (κ1) is 24.9. The molecule has 0 atom stereocenters. The lowest BCUT2D eigenvalue weighted by Crippen LogP contribution is -2.49. The summed E-state index contributed by atoms with van der Waals surface area (Å²) in [6.45, 7) is 7.26. The number of piperazine rings is 1. The van der Waals surface area contributed by atoms with Gasteiger partial charge in [0.1, 0.15) is 16.5 Å². The molecule has 1 amide bonds. The van der Waals surface area contributed by atoms with Gasteiger partial charge in [0.25, 0.3) is 11.5 Å². The van der Waals surface area contributed by atoms with Gasteiger partial charge in [-0.05, 0) is 49.2 Å². The Bertz CT molecular complexity index is 1490. The molecule has 192 valence electrons. The van der Waals surface area contributed by atoms with E-state index in [2.05, 4.69) is 10.00 Å². The molecule has 0 unspecified atom stereocenters. The molecule has 1 aliphatic rings. The number of benzene rings is 2. The molecule has 4 aromatic rings. The highest BCUT2D eigenvalue weighted by Crippen LogP contribution is 2.27. The van der Waals surface area contributed by atoms with Gasteiger partial charge in [-0.2, -0.15) is 9.61 Å². The predicted molar refractivity (Wildman–Crippen MR) is 142 cm³/mol. The van der Waals surface area contributed by atoms with Gasteiger partial charge in [-0.1, -0.05) is 29.5 Å². The quantitative estimate of drug-likeness (QED) is 0.371. The lowest BCUT2D eigenvalue weighted by atomic mass is 10.1. The largest absolute Gasteiger partial charge is 0.497 e. The lowest BCUT2D eigenvalue weighted by molar-refractivity contribution is -0.135. The number of rotatable bonds is 7. The highest BCUT2D eigenvalue weighted by molar-refractivity contribution is 7.19. The van der Waals surface area contributed by atoms with E-state index in [9.17, 15) is 9.59 Å². The standard InChI is InChI=1S/C27H29N5O4S/c1-18-7-8-23(13-19(18)2)36-17-25(34)31-11-9-30(10-12-31)16-21-15-24(33)32-27(28-21)37-26(29-32)20-5-4-6-22(14-20)35-3/h4-8,13-15H,9-12,16-17H2,1-3H3. The van der Waals surface area contributed by atoms with E-state index in [1.807, 2.05) is 61.2 Å². The molecule has 3 heterocycles. The summed E-state index contributed by atoms with van der Waals surface area (Å²) in [5.74, 6) is 1.41. The van der Waals surface area contributed by atoms with Crippen LogP contribution < -0.4 is 15.0 Å². The molecule has 0 N–H and O–H groups in total. The van der Waals surface area contributed by atoms with E-state index in [1.54, 1.807) is 7.11 Å². The van der Waals surface area contributed by atoms with Gasteiger partial charge in [0.15, 0.2) is 6.61 Å². The van der Waals surface area contributed by atoms with Crippen LogP contribution in [-0.4, -0.2) is 70.2 Å². The van der Waals surface area contributed by atoms with Crippen molar-refractivity contribution in [1.29, 1.82) is 0 Å². The molecular weight excluding hydrogens is 490 g/mol. The topological polar surface area (TPSA) is 89.3 Å². The van der Waals surface area contributed by atoms with Crippen molar-refractivity contribution in [1.82, 2.24) is 24.4 Å². The molecule has 5 rings (SSSR count). The molecule has 0 saturated carbocycles. The fourth-order valence-electron chi connectivity index (χ4n) is 4.23. The van der Waals surface area contributed by atoms with Crippen molar-refractivity contribution in [2.45, 2.75) is 20.4 Å². The van der Waals surface area contributed by atoms with Gasteiger partial charge < -0.3 is 14.4 Å². The molecular formula is C27H29N5O4S. The Morgan fingerprint density at radius 2 is 1.81 bits per heavy atom. The summed E-state index contributed by atoms with van der Waals surface area (Å²) in [5, 5.41) is 5.16. The lowest BCUT2D eigenvalue weighted by Gasteiger charge is -2.34. The van der Waals surface area contributed by atoms with Gasteiger partial charge in [-0.3, -0.25) is 14.5 Å². The second kappa shape index (κ2) is 10.7. The minimum atomic E-state index is -0.206. The number of hydrogen-bond donors (Lipinski definition) is 0. The maximum absolute atomic E-state index is 12.7. The SMILES string of the molecule is COc1cccc(-c2nn3c(=O)cc(CN4CCN(C(=O)COc5ccc(C)c(C)c5)CC4)nc3s2)c1. The first-order valence-electron chi connectivity index (χ1n) is 12.1. The third kappa shape index (κ3) is 5.65. The molecule has 0 aliphatic carbocycles. The van der Waals surface area contributed by atoms with Crippen LogP contribution in [0.3, 0.4) is 0 Å². The second-order valence-corrected chi connectivity index (χ2v) is 10.1. The van der Waals surface area contributed by atoms with Gasteiger partial charge in [-0.25, -0.2) is 4.98 Å². The molecule has 1 fully saturated rings. The van der Waals surface area contributed by atoms with E-state index >= 15 is 0 Å². The summed E-state index contributed by atoms with van der Waals surface area (Å²) in [6, 6.07) is 15.0. The van der Waals surface area contributed by atoms with Crippen LogP contribution in [0.2, 0.25) is 0 Å². The average Bonchev–Trinajstić information content (AvgIpc) is 3.34. The maximum atomic E-state index is 12.7. The van der Waals surface area contributed by atoms with E-state index in [1.165, 1.54) is 27.5 Å². The van der Waals surface area contributed by atoms with Crippen molar-refractivity contribution in [2.24, 2.45) is 0 Å². The Hall–Kier alpha value is -3.76. The zero-order valence-electron chi connectivity index (χ0n) is 21.1. The highest BCUT2D eigenvalue weighted by Gasteiger charge is 2.22. The van der Waals surface area contributed by atoms with Gasteiger partial charge in [0.2, 0.25) is 4.96 Å². The summed E-state index contributed by atoms with van der Waals surface area (Å²) in [5.41, 5.74) is 3.70. The molecule has 1 saturated heterocycles. The van der Waals surface area contributed by atoms with Crippen LogP contribution in [0.25, 0.3) is 15.5 Å². The molecule has 37 heavy (non-hydrogen) atoms. The molecule has 10 heteroatoms. The van der Waals surface area contributed by atoms with Crippen LogP contribution in [0.5, 0.6) is 11.5 Å². The normalized spacial score (nSPS) is 14.2. The maximum Gasteiger partial charge on any atom is 0.275 e. The molecule has 0 spiro atoms. The Kier molecular flexibility index (Phi) is 7.20. The number of amides is 1. The van der Waals surface area contributed by atoms with Crippen LogP contribution in [0.4, 0.5) is 0 Å². The summed E-state index contributed by atoms with van der Waals surface area (Å²) in [6.07, 6.45) is 0. The van der Waals surface area contributed by atoms with E-state index < -0.39 is 0 Å². The zero-order valence-corrected chi connectivity index (χ0v) is 22.0. The van der Waals surface area contributed by atoms with Crippen LogP contribution in [0.1, 0.15) is 16.8 Å². The Morgan fingerprint density at radius 3 is 2.57 bits per heavy atom. The van der Waals surface area contributed by atoms with E-state index in [0.717, 1.165) is 16.9 Å². The number of methoxy groups -OCH3 is 1. The van der Waals surface area contributed by atoms with Crippen LogP contribution in [0.15, 0.2) is 53.3 Å². The summed E-state index contributed by atoms with van der Waals surface area (Å²) < 4.78 is 12.4. The molecule has 0 bridgehead atoms. The zero-order chi connectivity index (χ0) is 25.9. The van der Waals surface area contributed by atoms with Crippen molar-refractivity contribution in [3.63, 3.8) is 0 Å². The molecule has 2 aromatic heterocycles. The van der Waals surface area contributed by atoms with Gasteiger partial charge in [0.05, 0.1) is 12.8 Å². The number of hydrogen-bond acceptors (Lipinski definition) is 8. The smallest absolute Gasteiger partial charge is 0.275 e. The van der Waals surface area contributed by atoms with Crippen molar-refractivity contribution in [3.05, 3.63) is 75.7 Å². The number of nitrogens with zero attached hydrogens (tertiary/aromatic N) is 5. The number of carbonyl (C=O) groups is 1. The molecule has 9 nitrogen and oxygen atoms in total. The summed E-state index contributed by atoms with van der Waals surface area (Å²) >= 11 is 1.37. The number of fused-ring (bicyclic) bond motifs is 1. The van der Waals surface area contributed by atoms with Gasteiger partial charge in [0, 0.05) is 44.4 Å². The van der Waals surface area contributed by atoms with E-state index in [-0.39, 0.29) is 18.1 Å². The average molecular weight is 520 g/mol. The minimum absolute atomic E-state index is 0.0228. The van der Waals surface area contributed by atoms with E-state index in [0.29, 0.717) is 54.1 Å².